The molecule has 3 saturated heterocycles. The van der Waals surface area contributed by atoms with E-state index in [9.17, 15) is 24.0 Å². The number of halogens is 1. The van der Waals surface area contributed by atoms with E-state index in [0.717, 1.165) is 106 Å². The number of amides is 5. The van der Waals surface area contributed by atoms with Crippen molar-refractivity contribution in [3.63, 3.8) is 0 Å². The van der Waals surface area contributed by atoms with Gasteiger partial charge in [0.1, 0.15) is 12.1 Å². The largest absolute Gasteiger partial charge is 0.369 e. The summed E-state index contributed by atoms with van der Waals surface area (Å²) in [4.78, 5) is 71.5. The molecule has 4 aliphatic heterocycles. The molecule has 0 radical (unpaired) electrons. The molecule has 14 nitrogen and oxygen atoms in total. The summed E-state index contributed by atoms with van der Waals surface area (Å²) in [6.07, 6.45) is 6.92. The van der Waals surface area contributed by atoms with Gasteiger partial charge in [-0.3, -0.25) is 39.1 Å². The molecule has 2 N–H and O–H groups in total. The van der Waals surface area contributed by atoms with Crippen LogP contribution in [0.1, 0.15) is 93.7 Å². The molecule has 4 fully saturated rings. The maximum absolute atomic E-state index is 13.3. The van der Waals surface area contributed by atoms with Crippen molar-refractivity contribution in [2.45, 2.75) is 75.9 Å². The van der Waals surface area contributed by atoms with E-state index in [-0.39, 0.29) is 30.4 Å². The molecule has 1 aliphatic carbocycles. The number of hydrogen-bond acceptors (Lipinski definition) is 11. The number of rotatable bonds is 8. The van der Waals surface area contributed by atoms with Crippen LogP contribution in [-0.2, 0) is 16.0 Å². The van der Waals surface area contributed by atoms with Gasteiger partial charge in [0.05, 0.1) is 21.7 Å². The number of fused-ring (bicyclic) bond motifs is 1. The van der Waals surface area contributed by atoms with Gasteiger partial charge in [-0.2, -0.15) is 5.26 Å². The number of hydrogen-bond donors (Lipinski definition) is 2. The van der Waals surface area contributed by atoms with Gasteiger partial charge in [-0.1, -0.05) is 17.7 Å². The lowest BCUT2D eigenvalue weighted by Gasteiger charge is -2.43. The number of nitrogens with one attached hydrogen (secondary N) is 2. The first kappa shape index (κ1) is 37.5. The lowest BCUT2D eigenvalue weighted by Crippen LogP contribution is -2.54. The lowest BCUT2D eigenvalue weighted by molar-refractivity contribution is -0.136. The second kappa shape index (κ2) is 16.0. The first-order valence-electron chi connectivity index (χ1n) is 19.6. The van der Waals surface area contributed by atoms with Crippen molar-refractivity contribution in [3.8, 4) is 6.07 Å². The minimum absolute atomic E-state index is 0.0873. The third-order valence-corrected chi connectivity index (χ3v) is 12.5. The lowest BCUT2D eigenvalue weighted by atomic mass is 9.82. The second-order valence-electron chi connectivity index (χ2n) is 15.5. The van der Waals surface area contributed by atoms with Crippen molar-refractivity contribution >= 4 is 52.6 Å². The van der Waals surface area contributed by atoms with Crippen molar-refractivity contribution in [1.29, 1.82) is 5.26 Å². The van der Waals surface area contributed by atoms with Gasteiger partial charge >= 0.3 is 0 Å². The molecule has 1 aromatic heterocycles. The van der Waals surface area contributed by atoms with Crippen molar-refractivity contribution in [2.75, 3.05) is 49.1 Å². The van der Waals surface area contributed by atoms with Gasteiger partial charge in [0.15, 0.2) is 11.5 Å². The Hall–Kier alpha value is -5.39. The third-order valence-electron chi connectivity index (χ3n) is 12.2. The summed E-state index contributed by atoms with van der Waals surface area (Å²) in [6, 6.07) is 16.3. The molecular weight excluding hydrogens is 734 g/mol. The van der Waals surface area contributed by atoms with Crippen molar-refractivity contribution < 1.29 is 24.0 Å². The molecule has 15 heteroatoms. The molecular formula is C41H44ClN9O5. The van der Waals surface area contributed by atoms with Crippen LogP contribution in [0.3, 0.4) is 0 Å². The summed E-state index contributed by atoms with van der Waals surface area (Å²) in [5, 5.41) is 23.7. The Balaban J connectivity index is 0.772. The minimum atomic E-state index is -0.979. The van der Waals surface area contributed by atoms with Crippen LogP contribution in [0.25, 0.3) is 0 Å². The van der Waals surface area contributed by atoms with E-state index in [1.54, 1.807) is 24.3 Å². The van der Waals surface area contributed by atoms with Crippen LogP contribution in [0, 0.1) is 17.2 Å². The highest BCUT2D eigenvalue weighted by Crippen LogP contribution is 2.32. The Kier molecular flexibility index (Phi) is 10.7. The molecule has 1 atom stereocenters. The van der Waals surface area contributed by atoms with Gasteiger partial charge in [-0.05, 0) is 105 Å². The van der Waals surface area contributed by atoms with Crippen molar-refractivity contribution in [3.05, 3.63) is 81.5 Å². The van der Waals surface area contributed by atoms with E-state index in [1.807, 2.05) is 24.3 Å². The van der Waals surface area contributed by atoms with Crippen LogP contribution in [0.2, 0.25) is 5.02 Å². The van der Waals surface area contributed by atoms with E-state index in [1.165, 1.54) is 0 Å². The minimum Gasteiger partial charge on any atom is -0.369 e. The van der Waals surface area contributed by atoms with Crippen LogP contribution < -0.4 is 20.4 Å². The number of anilines is 2. The molecule has 0 bridgehead atoms. The molecule has 56 heavy (non-hydrogen) atoms. The molecule has 0 spiro atoms. The van der Waals surface area contributed by atoms with Crippen LogP contribution in [0.15, 0.2) is 48.5 Å². The summed E-state index contributed by atoms with van der Waals surface area (Å²) in [5.74, 6) is -0.907. The molecule has 290 valence electrons. The first-order chi connectivity index (χ1) is 27.1. The molecule has 2 aromatic carbocycles. The highest BCUT2D eigenvalue weighted by molar-refractivity contribution is 6.31. The summed E-state index contributed by atoms with van der Waals surface area (Å²) >= 11 is 6.22. The number of nitrogens with zero attached hydrogens (tertiary/aromatic N) is 7. The normalized spacial score (nSPS) is 23.5. The number of carbonyl (C=O) groups is 5. The Morgan fingerprint density at radius 2 is 1.57 bits per heavy atom. The van der Waals surface area contributed by atoms with Crippen LogP contribution in [0.5, 0.6) is 0 Å². The van der Waals surface area contributed by atoms with Gasteiger partial charge in [0, 0.05) is 63.5 Å². The SMILES string of the molecule is N#Cc1ccc(CC2CCC(NC(=O)c3ccc(N4CCC(N5CCN(c6ccc7c(c6)C(=O)N(C6CCC(=O)NC6=O)C7=O)CC5)CC4)nn3)CC2)cc1Cl. The van der Waals surface area contributed by atoms with Crippen LogP contribution in [0.4, 0.5) is 11.5 Å². The Labute approximate surface area is 330 Å². The van der Waals surface area contributed by atoms with Gasteiger partial charge in [-0.15, -0.1) is 10.2 Å². The number of carbonyl (C=O) groups excluding carboxylic acids is 5. The average Bonchev–Trinajstić information content (AvgIpc) is 3.46. The fourth-order valence-electron chi connectivity index (χ4n) is 8.96. The van der Waals surface area contributed by atoms with E-state index >= 15 is 0 Å². The average molecular weight is 778 g/mol. The molecule has 5 heterocycles. The highest BCUT2D eigenvalue weighted by atomic mass is 35.5. The zero-order valence-electron chi connectivity index (χ0n) is 31.1. The molecule has 3 aromatic rings. The van der Waals surface area contributed by atoms with Crippen molar-refractivity contribution in [1.82, 2.24) is 30.6 Å². The van der Waals surface area contributed by atoms with Gasteiger partial charge in [-0.25, -0.2) is 0 Å². The number of nitriles is 1. The Morgan fingerprint density at radius 1 is 0.821 bits per heavy atom. The quantitative estimate of drug-likeness (QED) is 0.320. The fraction of sp³-hybridized carbons (Fsp3) is 0.463. The Bertz CT molecular complexity index is 2080. The highest BCUT2D eigenvalue weighted by Gasteiger charge is 2.45. The van der Waals surface area contributed by atoms with E-state index in [4.69, 9.17) is 16.9 Å². The maximum Gasteiger partial charge on any atom is 0.272 e. The predicted molar refractivity (Wildman–Crippen MR) is 207 cm³/mol. The standard InChI is InChI=1S/C41H44ClN9O5/c42-33-22-26(1-4-27(33)24-43)21-25-2-5-28(6-3-25)44-38(53)34-9-11-36(47-46-34)50-15-13-29(14-16-50)48-17-19-49(20-18-48)30-7-8-31-32(23-30)41(56)51(40(31)55)35-10-12-37(52)45-39(35)54/h1,4,7-9,11,22-23,25,28-29,35H,2-3,5-6,10,12-21H2,(H,44,53)(H,45,52,54). The summed E-state index contributed by atoms with van der Waals surface area (Å²) in [5.41, 5.74) is 3.40. The van der Waals surface area contributed by atoms with Gasteiger partial charge in [0.2, 0.25) is 11.8 Å². The number of piperidine rings is 2. The summed E-state index contributed by atoms with van der Waals surface area (Å²) < 4.78 is 0. The summed E-state index contributed by atoms with van der Waals surface area (Å²) in [6.45, 7) is 4.98. The van der Waals surface area contributed by atoms with Crippen LogP contribution >= 0.6 is 11.6 Å². The molecule has 8 rings (SSSR count). The molecule has 1 unspecified atom stereocenters. The second-order valence-corrected chi connectivity index (χ2v) is 15.9. The Morgan fingerprint density at radius 3 is 2.25 bits per heavy atom. The molecule has 5 amide bonds. The zero-order valence-corrected chi connectivity index (χ0v) is 31.8. The van der Waals surface area contributed by atoms with Crippen LogP contribution in [-0.4, -0.2) is 107 Å². The first-order valence-corrected chi connectivity index (χ1v) is 20.0. The van der Waals surface area contributed by atoms with E-state index in [0.29, 0.717) is 33.8 Å². The fourth-order valence-corrected chi connectivity index (χ4v) is 9.20. The monoisotopic (exact) mass is 777 g/mol. The topological polar surface area (TPSA) is 172 Å². The third kappa shape index (κ3) is 7.70. The van der Waals surface area contributed by atoms with E-state index < -0.39 is 29.7 Å². The maximum atomic E-state index is 13.3. The van der Waals surface area contributed by atoms with Crippen molar-refractivity contribution in [2.24, 2.45) is 5.92 Å². The summed E-state index contributed by atoms with van der Waals surface area (Å²) in [7, 11) is 0. The number of piperazine rings is 1. The van der Waals surface area contributed by atoms with Gasteiger partial charge < -0.3 is 15.1 Å². The molecule has 5 aliphatic rings. The smallest absolute Gasteiger partial charge is 0.272 e. The molecule has 1 saturated carbocycles. The number of imide groups is 2. The van der Waals surface area contributed by atoms with E-state index in [2.05, 4.69) is 41.6 Å². The number of aromatic nitrogens is 2. The zero-order chi connectivity index (χ0) is 38.9. The van der Waals surface area contributed by atoms with Gasteiger partial charge in [0.25, 0.3) is 17.7 Å². The predicted octanol–water partition coefficient (Wildman–Crippen LogP) is 3.73. The number of benzene rings is 2.